The summed E-state index contributed by atoms with van der Waals surface area (Å²) in [6.45, 7) is 0. The average Bonchev–Trinajstić information content (AvgIpc) is 2.43. The number of halogens is 4. The molecule has 0 aliphatic heterocycles. The van der Waals surface area contributed by atoms with E-state index in [0.29, 0.717) is 16.1 Å². The predicted molar refractivity (Wildman–Crippen MR) is 88.9 cm³/mol. The molecule has 2 rings (SSSR count). The average molecular weight is 471 g/mol. The van der Waals surface area contributed by atoms with Crippen molar-refractivity contribution in [1.29, 1.82) is 0 Å². The predicted octanol–water partition coefficient (Wildman–Crippen LogP) is 4.94. The Morgan fingerprint density at radius 2 is 2.05 bits per heavy atom. The highest BCUT2D eigenvalue weighted by Crippen LogP contribution is 2.35. The summed E-state index contributed by atoms with van der Waals surface area (Å²) in [6.07, 6.45) is -0.948. The first kappa shape index (κ1) is 16.0. The van der Waals surface area contributed by atoms with Crippen molar-refractivity contribution in [3.05, 3.63) is 60.3 Å². The SMILES string of the molecule is COc1cc(F)c(Br)cc1C(O)c1ccc(I)c(Cl)c1. The number of benzene rings is 2. The lowest BCUT2D eigenvalue weighted by molar-refractivity contribution is 0.214. The van der Waals surface area contributed by atoms with Crippen LogP contribution < -0.4 is 4.74 Å². The Kier molecular flexibility index (Phi) is 5.28. The van der Waals surface area contributed by atoms with Gasteiger partial charge in [-0.1, -0.05) is 17.7 Å². The Hall–Kier alpha value is -0.370. The van der Waals surface area contributed by atoms with E-state index in [-0.39, 0.29) is 10.2 Å². The van der Waals surface area contributed by atoms with E-state index in [0.717, 1.165) is 3.57 Å². The number of rotatable bonds is 3. The third-order valence-corrected chi connectivity index (χ3v) is 5.01. The second-order valence-corrected chi connectivity index (χ2v) is 6.51. The summed E-state index contributed by atoms with van der Waals surface area (Å²) >= 11 is 11.3. The Morgan fingerprint density at radius 3 is 2.65 bits per heavy atom. The number of hydrogen-bond donors (Lipinski definition) is 1. The molecule has 1 N–H and O–H groups in total. The van der Waals surface area contributed by atoms with Crippen LogP contribution in [-0.2, 0) is 0 Å². The lowest BCUT2D eigenvalue weighted by Crippen LogP contribution is -2.03. The third-order valence-electron chi connectivity index (χ3n) is 2.83. The van der Waals surface area contributed by atoms with Crippen molar-refractivity contribution in [3.8, 4) is 5.75 Å². The molecule has 0 fully saturated rings. The summed E-state index contributed by atoms with van der Waals surface area (Å²) in [4.78, 5) is 0. The zero-order valence-corrected chi connectivity index (χ0v) is 14.8. The number of aliphatic hydroxyl groups is 1. The molecule has 6 heteroatoms. The number of methoxy groups -OCH3 is 1. The fourth-order valence-electron chi connectivity index (χ4n) is 1.80. The Morgan fingerprint density at radius 1 is 1.35 bits per heavy atom. The van der Waals surface area contributed by atoms with Gasteiger partial charge in [-0.3, -0.25) is 0 Å². The van der Waals surface area contributed by atoms with Gasteiger partial charge in [-0.2, -0.15) is 0 Å². The van der Waals surface area contributed by atoms with Crippen molar-refractivity contribution in [1.82, 2.24) is 0 Å². The standard InChI is InChI=1S/C14H10BrClFIO2/c1-20-13-6-11(17)9(15)5-8(13)14(19)7-2-3-12(18)10(16)4-7/h2-6,14,19H,1H3. The van der Waals surface area contributed by atoms with Crippen LogP contribution in [0.15, 0.2) is 34.8 Å². The molecule has 1 atom stereocenters. The van der Waals surface area contributed by atoms with Crippen LogP contribution in [-0.4, -0.2) is 12.2 Å². The summed E-state index contributed by atoms with van der Waals surface area (Å²) < 4.78 is 19.8. The van der Waals surface area contributed by atoms with Crippen LogP contribution in [0.5, 0.6) is 5.75 Å². The lowest BCUT2D eigenvalue weighted by atomic mass is 10.0. The molecule has 1 unspecified atom stereocenters. The van der Waals surface area contributed by atoms with Crippen molar-refractivity contribution in [2.24, 2.45) is 0 Å². The first-order valence-corrected chi connectivity index (χ1v) is 7.85. The van der Waals surface area contributed by atoms with E-state index in [4.69, 9.17) is 16.3 Å². The maximum absolute atomic E-state index is 13.5. The molecule has 0 amide bonds. The van der Waals surface area contributed by atoms with Crippen LogP contribution in [0, 0.1) is 9.39 Å². The maximum atomic E-state index is 13.5. The fourth-order valence-corrected chi connectivity index (χ4v) is 2.68. The van der Waals surface area contributed by atoms with Gasteiger partial charge < -0.3 is 9.84 Å². The summed E-state index contributed by atoms with van der Waals surface area (Å²) in [6, 6.07) is 8.01. The third kappa shape index (κ3) is 3.27. The van der Waals surface area contributed by atoms with Gasteiger partial charge in [0.05, 0.1) is 16.6 Å². The van der Waals surface area contributed by atoms with E-state index >= 15 is 0 Å². The molecule has 0 saturated heterocycles. The molecule has 0 aromatic heterocycles. The van der Waals surface area contributed by atoms with Crippen LogP contribution in [0.2, 0.25) is 5.02 Å². The van der Waals surface area contributed by atoms with Crippen LogP contribution >= 0.6 is 50.1 Å². The zero-order chi connectivity index (χ0) is 14.9. The quantitative estimate of drug-likeness (QED) is 0.643. The van der Waals surface area contributed by atoms with Crippen LogP contribution in [0.3, 0.4) is 0 Å². The number of aliphatic hydroxyl groups excluding tert-OH is 1. The van der Waals surface area contributed by atoms with Crippen molar-refractivity contribution < 1.29 is 14.2 Å². The normalized spacial score (nSPS) is 12.3. The highest BCUT2D eigenvalue weighted by atomic mass is 127. The van der Waals surface area contributed by atoms with E-state index < -0.39 is 11.9 Å². The Labute approximate surface area is 143 Å². The molecule has 0 spiro atoms. The van der Waals surface area contributed by atoms with Crippen molar-refractivity contribution >= 4 is 50.1 Å². The molecular weight excluding hydrogens is 461 g/mol. The van der Waals surface area contributed by atoms with Crippen molar-refractivity contribution in [2.45, 2.75) is 6.10 Å². The van der Waals surface area contributed by atoms with Gasteiger partial charge in [-0.05, 0) is 62.3 Å². The van der Waals surface area contributed by atoms with Crippen LogP contribution in [0.25, 0.3) is 0 Å². The second-order valence-electron chi connectivity index (χ2n) is 4.08. The van der Waals surface area contributed by atoms with E-state index in [1.165, 1.54) is 19.2 Å². The van der Waals surface area contributed by atoms with Gasteiger partial charge in [0.2, 0.25) is 0 Å². The highest BCUT2D eigenvalue weighted by Gasteiger charge is 2.18. The number of ether oxygens (including phenoxy) is 1. The first-order valence-electron chi connectivity index (χ1n) is 5.60. The smallest absolute Gasteiger partial charge is 0.141 e. The highest BCUT2D eigenvalue weighted by molar-refractivity contribution is 14.1. The van der Waals surface area contributed by atoms with E-state index in [2.05, 4.69) is 38.5 Å². The molecule has 2 aromatic rings. The molecular formula is C14H10BrClFIO2. The van der Waals surface area contributed by atoms with Crippen LogP contribution in [0.4, 0.5) is 4.39 Å². The molecule has 2 aromatic carbocycles. The molecule has 106 valence electrons. The second kappa shape index (κ2) is 6.60. The topological polar surface area (TPSA) is 29.5 Å². The monoisotopic (exact) mass is 470 g/mol. The van der Waals surface area contributed by atoms with Gasteiger partial charge in [0, 0.05) is 15.2 Å². The minimum atomic E-state index is -0.948. The molecule has 0 aliphatic rings. The van der Waals surface area contributed by atoms with E-state index in [9.17, 15) is 9.50 Å². The van der Waals surface area contributed by atoms with Gasteiger partial charge in [-0.25, -0.2) is 4.39 Å². The molecule has 20 heavy (non-hydrogen) atoms. The molecule has 0 bridgehead atoms. The van der Waals surface area contributed by atoms with Gasteiger partial charge in [0.25, 0.3) is 0 Å². The molecule has 0 aliphatic carbocycles. The van der Waals surface area contributed by atoms with Gasteiger partial charge in [-0.15, -0.1) is 0 Å². The van der Waals surface area contributed by atoms with Crippen LogP contribution in [0.1, 0.15) is 17.2 Å². The summed E-state index contributed by atoms with van der Waals surface area (Å²) in [7, 11) is 1.43. The van der Waals surface area contributed by atoms with E-state index in [1.807, 2.05) is 6.07 Å². The minimum absolute atomic E-state index is 0.268. The van der Waals surface area contributed by atoms with Gasteiger partial charge in [0.15, 0.2) is 0 Å². The van der Waals surface area contributed by atoms with Gasteiger partial charge >= 0.3 is 0 Å². The fraction of sp³-hybridized carbons (Fsp3) is 0.143. The number of hydrogen-bond acceptors (Lipinski definition) is 2. The van der Waals surface area contributed by atoms with E-state index in [1.54, 1.807) is 12.1 Å². The molecule has 0 saturated carbocycles. The summed E-state index contributed by atoms with van der Waals surface area (Å²) in [5, 5.41) is 11.0. The Balaban J connectivity index is 2.49. The molecule has 2 nitrogen and oxygen atoms in total. The summed E-state index contributed by atoms with van der Waals surface area (Å²) in [5.41, 5.74) is 1.09. The zero-order valence-electron chi connectivity index (χ0n) is 10.3. The van der Waals surface area contributed by atoms with Crippen molar-refractivity contribution in [2.75, 3.05) is 7.11 Å². The molecule has 0 heterocycles. The maximum Gasteiger partial charge on any atom is 0.141 e. The van der Waals surface area contributed by atoms with Gasteiger partial charge in [0.1, 0.15) is 17.7 Å². The Bertz CT molecular complexity index is 651. The lowest BCUT2D eigenvalue weighted by Gasteiger charge is -2.16. The largest absolute Gasteiger partial charge is 0.496 e. The molecule has 0 radical (unpaired) electrons. The minimum Gasteiger partial charge on any atom is -0.496 e. The van der Waals surface area contributed by atoms with Crippen molar-refractivity contribution in [3.63, 3.8) is 0 Å². The summed E-state index contributed by atoms with van der Waals surface area (Å²) in [5.74, 6) is -0.161. The first-order chi connectivity index (χ1) is 9.43.